The molecule has 1 amide bonds. The molecule has 1 aromatic carbocycles. The van der Waals surface area contributed by atoms with Gasteiger partial charge >= 0.3 is 0 Å². The van der Waals surface area contributed by atoms with E-state index in [2.05, 4.69) is 10.5 Å². The maximum absolute atomic E-state index is 11.2. The van der Waals surface area contributed by atoms with Gasteiger partial charge in [0.05, 0.1) is 6.21 Å². The summed E-state index contributed by atoms with van der Waals surface area (Å²) in [6, 6.07) is 7.25. The summed E-state index contributed by atoms with van der Waals surface area (Å²) in [5.74, 6) is 0.201. The molecule has 0 saturated heterocycles. The van der Waals surface area contributed by atoms with Crippen molar-refractivity contribution in [2.24, 2.45) is 11.0 Å². The molecule has 0 unspecified atom stereocenters. The number of hydrogen-bond donors (Lipinski definition) is 1. The number of carbonyl (C=O) groups excluding carboxylic acids is 1. The Morgan fingerprint density at radius 1 is 1.40 bits per heavy atom. The van der Waals surface area contributed by atoms with Gasteiger partial charge in [-0.3, -0.25) is 4.79 Å². The third-order valence-electron chi connectivity index (χ3n) is 2.21. The zero-order valence-electron chi connectivity index (χ0n) is 8.11. The first kappa shape index (κ1) is 10.2. The van der Waals surface area contributed by atoms with Gasteiger partial charge in [-0.05, 0) is 30.5 Å². The molecule has 1 aromatic rings. The Kier molecular flexibility index (Phi) is 3.02. The number of halogens is 1. The zero-order chi connectivity index (χ0) is 10.7. The fourth-order valence-corrected chi connectivity index (χ4v) is 1.28. The van der Waals surface area contributed by atoms with E-state index in [9.17, 15) is 4.79 Å². The Morgan fingerprint density at radius 2 is 2.07 bits per heavy atom. The van der Waals surface area contributed by atoms with Crippen LogP contribution < -0.4 is 5.43 Å². The van der Waals surface area contributed by atoms with Gasteiger partial charge in [0.1, 0.15) is 0 Å². The normalized spacial score (nSPS) is 15.5. The van der Waals surface area contributed by atoms with Gasteiger partial charge in [-0.25, -0.2) is 5.43 Å². The minimum atomic E-state index is 0.0141. The minimum Gasteiger partial charge on any atom is -0.273 e. The van der Waals surface area contributed by atoms with E-state index in [4.69, 9.17) is 11.6 Å². The van der Waals surface area contributed by atoms with Gasteiger partial charge in [0.15, 0.2) is 0 Å². The molecule has 0 aromatic heterocycles. The Bertz CT molecular complexity index is 382. The maximum Gasteiger partial charge on any atom is 0.243 e. The van der Waals surface area contributed by atoms with E-state index in [0.29, 0.717) is 5.02 Å². The second-order valence-electron chi connectivity index (χ2n) is 3.56. The molecule has 0 spiro atoms. The number of hydrogen-bond acceptors (Lipinski definition) is 2. The number of nitrogens with zero attached hydrogens (tertiary/aromatic N) is 1. The Hall–Kier alpha value is -1.35. The molecule has 3 nitrogen and oxygen atoms in total. The number of benzene rings is 1. The topological polar surface area (TPSA) is 41.5 Å². The highest BCUT2D eigenvalue weighted by Crippen LogP contribution is 2.28. The first-order valence-corrected chi connectivity index (χ1v) is 5.22. The van der Waals surface area contributed by atoms with E-state index in [1.165, 1.54) is 0 Å². The summed E-state index contributed by atoms with van der Waals surface area (Å²) in [4.78, 5) is 11.2. The molecule has 78 valence electrons. The van der Waals surface area contributed by atoms with Crippen LogP contribution >= 0.6 is 11.6 Å². The highest BCUT2D eigenvalue weighted by atomic mass is 35.5. The van der Waals surface area contributed by atoms with Crippen molar-refractivity contribution in [2.45, 2.75) is 12.8 Å². The molecule has 0 heterocycles. The monoisotopic (exact) mass is 222 g/mol. The maximum atomic E-state index is 11.2. The summed E-state index contributed by atoms with van der Waals surface area (Å²) in [6.07, 6.45) is 3.58. The molecule has 1 N–H and O–H groups in total. The second kappa shape index (κ2) is 4.45. The summed E-state index contributed by atoms with van der Waals surface area (Å²) in [5.41, 5.74) is 3.42. The average molecular weight is 223 g/mol. The molecular weight excluding hydrogens is 212 g/mol. The fraction of sp³-hybridized carbons (Fsp3) is 0.273. The number of rotatable bonds is 3. The molecule has 1 fully saturated rings. The summed E-state index contributed by atoms with van der Waals surface area (Å²) < 4.78 is 0. The molecular formula is C11H11ClN2O. The van der Waals surface area contributed by atoms with Crippen LogP contribution in [-0.4, -0.2) is 12.1 Å². The minimum absolute atomic E-state index is 0.0141. The second-order valence-corrected chi connectivity index (χ2v) is 4.00. The molecule has 1 saturated carbocycles. The Labute approximate surface area is 93.1 Å². The van der Waals surface area contributed by atoms with Gasteiger partial charge in [-0.2, -0.15) is 5.10 Å². The largest absolute Gasteiger partial charge is 0.273 e. The van der Waals surface area contributed by atoms with Crippen LogP contribution in [0.15, 0.2) is 29.4 Å². The number of nitrogens with one attached hydrogen (secondary N) is 1. The van der Waals surface area contributed by atoms with Crippen LogP contribution in [0, 0.1) is 5.92 Å². The first-order valence-electron chi connectivity index (χ1n) is 4.84. The molecule has 1 aliphatic rings. The summed E-state index contributed by atoms with van der Waals surface area (Å²) in [6.45, 7) is 0. The predicted octanol–water partition coefficient (Wildman–Crippen LogP) is 2.20. The van der Waals surface area contributed by atoms with Crippen LogP contribution in [0.25, 0.3) is 0 Å². The summed E-state index contributed by atoms with van der Waals surface area (Å²) >= 11 is 5.73. The molecule has 15 heavy (non-hydrogen) atoms. The lowest BCUT2D eigenvalue weighted by Gasteiger charge is -1.96. The Balaban J connectivity index is 1.87. The smallest absolute Gasteiger partial charge is 0.243 e. The lowest BCUT2D eigenvalue weighted by atomic mass is 10.2. The van der Waals surface area contributed by atoms with Crippen LogP contribution in [0.1, 0.15) is 18.4 Å². The van der Waals surface area contributed by atoms with Gasteiger partial charge in [-0.15, -0.1) is 0 Å². The highest BCUT2D eigenvalue weighted by Gasteiger charge is 2.29. The predicted molar refractivity (Wildman–Crippen MR) is 59.9 cm³/mol. The molecule has 4 heteroatoms. The SMILES string of the molecule is O=C(N/N=C\c1ccc(Cl)cc1)C1CC1. The van der Waals surface area contributed by atoms with Crippen LogP contribution in [0.4, 0.5) is 0 Å². The van der Waals surface area contributed by atoms with Gasteiger partial charge in [0, 0.05) is 10.9 Å². The third-order valence-corrected chi connectivity index (χ3v) is 2.46. The van der Waals surface area contributed by atoms with Crippen LogP contribution in [0.2, 0.25) is 5.02 Å². The van der Waals surface area contributed by atoms with Crippen molar-refractivity contribution >= 4 is 23.7 Å². The lowest BCUT2D eigenvalue weighted by molar-refractivity contribution is -0.122. The van der Waals surface area contributed by atoms with Crippen molar-refractivity contribution in [1.82, 2.24) is 5.43 Å². The van der Waals surface area contributed by atoms with Gasteiger partial charge < -0.3 is 0 Å². The molecule has 0 atom stereocenters. The van der Waals surface area contributed by atoms with Crippen LogP contribution in [0.5, 0.6) is 0 Å². The van der Waals surface area contributed by atoms with E-state index in [1.807, 2.05) is 12.1 Å². The molecule has 0 radical (unpaired) electrons. The van der Waals surface area contributed by atoms with Crippen molar-refractivity contribution in [2.75, 3.05) is 0 Å². The average Bonchev–Trinajstić information content (AvgIpc) is 3.04. The molecule has 0 bridgehead atoms. The number of carbonyl (C=O) groups is 1. The summed E-state index contributed by atoms with van der Waals surface area (Å²) in [5, 5.41) is 4.55. The lowest BCUT2D eigenvalue weighted by Crippen LogP contribution is -2.18. The standard InChI is InChI=1S/C11H11ClN2O/c12-10-5-1-8(2-6-10)7-13-14-11(15)9-3-4-9/h1-2,5-7,9H,3-4H2,(H,14,15)/b13-7-. The van der Waals surface area contributed by atoms with E-state index >= 15 is 0 Å². The van der Waals surface area contributed by atoms with Crippen LogP contribution in [0.3, 0.4) is 0 Å². The van der Waals surface area contributed by atoms with E-state index < -0.39 is 0 Å². The van der Waals surface area contributed by atoms with Gasteiger partial charge in [0.25, 0.3) is 0 Å². The van der Waals surface area contributed by atoms with Crippen LogP contribution in [-0.2, 0) is 4.79 Å². The fourth-order valence-electron chi connectivity index (χ4n) is 1.16. The van der Waals surface area contributed by atoms with Gasteiger partial charge in [-0.1, -0.05) is 23.7 Å². The van der Waals surface area contributed by atoms with Crippen molar-refractivity contribution < 1.29 is 4.79 Å². The quantitative estimate of drug-likeness (QED) is 0.618. The van der Waals surface area contributed by atoms with E-state index in [1.54, 1.807) is 18.3 Å². The van der Waals surface area contributed by atoms with Crippen molar-refractivity contribution in [3.05, 3.63) is 34.9 Å². The van der Waals surface area contributed by atoms with E-state index in [-0.39, 0.29) is 11.8 Å². The van der Waals surface area contributed by atoms with Crippen molar-refractivity contribution in [3.63, 3.8) is 0 Å². The molecule has 2 rings (SSSR count). The first-order chi connectivity index (χ1) is 7.25. The summed E-state index contributed by atoms with van der Waals surface area (Å²) in [7, 11) is 0. The van der Waals surface area contributed by atoms with Crippen molar-refractivity contribution in [1.29, 1.82) is 0 Å². The molecule has 0 aliphatic heterocycles. The third kappa shape index (κ3) is 3.06. The Morgan fingerprint density at radius 3 is 2.67 bits per heavy atom. The van der Waals surface area contributed by atoms with E-state index in [0.717, 1.165) is 18.4 Å². The zero-order valence-corrected chi connectivity index (χ0v) is 8.87. The number of hydrazone groups is 1. The van der Waals surface area contributed by atoms with Crippen molar-refractivity contribution in [3.8, 4) is 0 Å². The highest BCUT2D eigenvalue weighted by molar-refractivity contribution is 6.30. The van der Waals surface area contributed by atoms with Gasteiger partial charge in [0.2, 0.25) is 5.91 Å². The number of amides is 1. The molecule has 1 aliphatic carbocycles.